The fourth-order valence-electron chi connectivity index (χ4n) is 2.25. The number of hydrogen-bond acceptors (Lipinski definition) is 2. The van der Waals surface area contributed by atoms with E-state index in [0.29, 0.717) is 0 Å². The standard InChI is InChI=1S/C16H17N3/c1-12-9-17-6-4-15(12)11-18-10-13-2-3-14-5-7-19-16(14)8-13/h2-9,18-19H,10-11H2,1H3. The van der Waals surface area contributed by atoms with E-state index < -0.39 is 0 Å². The highest BCUT2D eigenvalue weighted by molar-refractivity contribution is 5.79. The summed E-state index contributed by atoms with van der Waals surface area (Å²) in [6.07, 6.45) is 5.72. The van der Waals surface area contributed by atoms with Crippen LogP contribution in [0.2, 0.25) is 0 Å². The monoisotopic (exact) mass is 251 g/mol. The van der Waals surface area contributed by atoms with E-state index in [1.165, 1.54) is 27.6 Å². The molecule has 1 aromatic carbocycles. The number of hydrogen-bond donors (Lipinski definition) is 2. The van der Waals surface area contributed by atoms with Gasteiger partial charge in [0.2, 0.25) is 0 Å². The third-order valence-corrected chi connectivity index (χ3v) is 3.40. The second-order valence-corrected chi connectivity index (χ2v) is 4.80. The number of nitrogens with zero attached hydrogens (tertiary/aromatic N) is 1. The quantitative estimate of drug-likeness (QED) is 0.747. The summed E-state index contributed by atoms with van der Waals surface area (Å²) >= 11 is 0. The molecule has 2 heterocycles. The van der Waals surface area contributed by atoms with Crippen LogP contribution < -0.4 is 5.32 Å². The zero-order valence-corrected chi connectivity index (χ0v) is 11.0. The van der Waals surface area contributed by atoms with Crippen molar-refractivity contribution < 1.29 is 0 Å². The average molecular weight is 251 g/mol. The van der Waals surface area contributed by atoms with Gasteiger partial charge < -0.3 is 10.3 Å². The first-order chi connectivity index (χ1) is 9.33. The Kier molecular flexibility index (Phi) is 3.29. The van der Waals surface area contributed by atoms with Crippen LogP contribution in [0.1, 0.15) is 16.7 Å². The second-order valence-electron chi connectivity index (χ2n) is 4.80. The predicted molar refractivity (Wildman–Crippen MR) is 77.8 cm³/mol. The molecule has 0 bridgehead atoms. The smallest absolute Gasteiger partial charge is 0.0457 e. The zero-order chi connectivity index (χ0) is 13.1. The number of benzene rings is 1. The van der Waals surface area contributed by atoms with Gasteiger partial charge in [0.15, 0.2) is 0 Å². The molecule has 2 aromatic heterocycles. The molecule has 0 aliphatic heterocycles. The lowest BCUT2D eigenvalue weighted by Gasteiger charge is -2.07. The molecule has 0 atom stereocenters. The lowest BCUT2D eigenvalue weighted by molar-refractivity contribution is 0.690. The van der Waals surface area contributed by atoms with E-state index in [0.717, 1.165) is 13.1 Å². The highest BCUT2D eigenvalue weighted by Gasteiger charge is 1.99. The van der Waals surface area contributed by atoms with Gasteiger partial charge in [-0.2, -0.15) is 0 Å². The number of rotatable bonds is 4. The summed E-state index contributed by atoms with van der Waals surface area (Å²) < 4.78 is 0. The molecule has 0 unspecified atom stereocenters. The number of pyridine rings is 1. The lowest BCUT2D eigenvalue weighted by Crippen LogP contribution is -2.13. The van der Waals surface area contributed by atoms with Gasteiger partial charge in [-0.1, -0.05) is 12.1 Å². The lowest BCUT2D eigenvalue weighted by atomic mass is 10.1. The van der Waals surface area contributed by atoms with Gasteiger partial charge in [0.25, 0.3) is 0 Å². The molecule has 0 aliphatic carbocycles. The Morgan fingerprint density at radius 3 is 3.00 bits per heavy atom. The fourth-order valence-corrected chi connectivity index (χ4v) is 2.25. The first-order valence-electron chi connectivity index (χ1n) is 6.49. The Hall–Kier alpha value is -2.13. The predicted octanol–water partition coefficient (Wildman–Crippen LogP) is 3.16. The molecule has 2 N–H and O–H groups in total. The maximum Gasteiger partial charge on any atom is 0.0457 e. The van der Waals surface area contributed by atoms with E-state index in [1.807, 2.05) is 18.6 Å². The summed E-state index contributed by atoms with van der Waals surface area (Å²) in [7, 11) is 0. The molecule has 3 aromatic rings. The van der Waals surface area contributed by atoms with Gasteiger partial charge in [0, 0.05) is 37.2 Å². The molecule has 0 fully saturated rings. The summed E-state index contributed by atoms with van der Waals surface area (Å²) in [5.74, 6) is 0. The van der Waals surface area contributed by atoms with E-state index in [9.17, 15) is 0 Å². The van der Waals surface area contributed by atoms with Crippen LogP contribution in [-0.4, -0.2) is 9.97 Å². The van der Waals surface area contributed by atoms with Crippen molar-refractivity contribution in [1.29, 1.82) is 0 Å². The van der Waals surface area contributed by atoms with Crippen molar-refractivity contribution in [3.05, 3.63) is 65.6 Å². The summed E-state index contributed by atoms with van der Waals surface area (Å²) in [4.78, 5) is 7.35. The van der Waals surface area contributed by atoms with Crippen molar-refractivity contribution >= 4 is 10.9 Å². The van der Waals surface area contributed by atoms with Crippen LogP contribution in [0.25, 0.3) is 10.9 Å². The molecule has 0 amide bonds. The Labute approximate surface area is 112 Å². The van der Waals surface area contributed by atoms with Gasteiger partial charge >= 0.3 is 0 Å². The van der Waals surface area contributed by atoms with Crippen LogP contribution in [0, 0.1) is 6.92 Å². The molecular formula is C16H17N3. The number of fused-ring (bicyclic) bond motifs is 1. The van der Waals surface area contributed by atoms with Gasteiger partial charge in [0.1, 0.15) is 0 Å². The maximum atomic E-state index is 4.11. The molecule has 3 rings (SSSR count). The summed E-state index contributed by atoms with van der Waals surface area (Å²) in [6, 6.07) is 10.7. The zero-order valence-electron chi connectivity index (χ0n) is 11.0. The average Bonchev–Trinajstić information content (AvgIpc) is 2.88. The Bertz CT molecular complexity index is 685. The van der Waals surface area contributed by atoms with E-state index in [-0.39, 0.29) is 0 Å². The summed E-state index contributed by atoms with van der Waals surface area (Å²) in [5, 5.41) is 4.73. The molecule has 0 saturated heterocycles. The van der Waals surface area contributed by atoms with Crippen molar-refractivity contribution in [2.75, 3.05) is 0 Å². The van der Waals surface area contributed by atoms with Crippen molar-refractivity contribution in [1.82, 2.24) is 15.3 Å². The van der Waals surface area contributed by atoms with Crippen LogP contribution in [0.15, 0.2) is 48.9 Å². The normalized spacial score (nSPS) is 11.0. The van der Waals surface area contributed by atoms with Crippen molar-refractivity contribution in [2.45, 2.75) is 20.0 Å². The minimum Gasteiger partial charge on any atom is -0.361 e. The third-order valence-electron chi connectivity index (χ3n) is 3.40. The number of H-pyrrole nitrogens is 1. The Balaban J connectivity index is 1.64. The number of aromatic nitrogens is 2. The molecule has 3 nitrogen and oxygen atoms in total. The molecule has 0 saturated carbocycles. The van der Waals surface area contributed by atoms with Crippen LogP contribution in [0.4, 0.5) is 0 Å². The largest absolute Gasteiger partial charge is 0.361 e. The fraction of sp³-hybridized carbons (Fsp3) is 0.188. The van der Waals surface area contributed by atoms with Crippen LogP contribution >= 0.6 is 0 Å². The molecular weight excluding hydrogens is 234 g/mol. The molecule has 0 radical (unpaired) electrons. The van der Waals surface area contributed by atoms with Gasteiger partial charge in [-0.3, -0.25) is 4.98 Å². The SMILES string of the molecule is Cc1cnccc1CNCc1ccc2cc[nH]c2c1. The Morgan fingerprint density at radius 1 is 1.16 bits per heavy atom. The van der Waals surface area contributed by atoms with Gasteiger partial charge in [-0.25, -0.2) is 0 Å². The number of aryl methyl sites for hydroxylation is 1. The van der Waals surface area contributed by atoms with Gasteiger partial charge in [-0.15, -0.1) is 0 Å². The third kappa shape index (κ3) is 2.66. The molecule has 0 aliphatic rings. The molecule has 3 heteroatoms. The summed E-state index contributed by atoms with van der Waals surface area (Å²) in [5.41, 5.74) is 5.02. The Morgan fingerprint density at radius 2 is 2.11 bits per heavy atom. The van der Waals surface area contributed by atoms with Crippen molar-refractivity contribution in [3.8, 4) is 0 Å². The van der Waals surface area contributed by atoms with Gasteiger partial charge in [0.05, 0.1) is 0 Å². The molecule has 19 heavy (non-hydrogen) atoms. The molecule has 96 valence electrons. The highest BCUT2D eigenvalue weighted by Crippen LogP contribution is 2.14. The van der Waals surface area contributed by atoms with Crippen LogP contribution in [0.5, 0.6) is 0 Å². The summed E-state index contributed by atoms with van der Waals surface area (Å²) in [6.45, 7) is 3.84. The van der Waals surface area contributed by atoms with Crippen molar-refractivity contribution in [3.63, 3.8) is 0 Å². The van der Waals surface area contributed by atoms with E-state index in [2.05, 4.69) is 52.5 Å². The minimum absolute atomic E-state index is 0.872. The highest BCUT2D eigenvalue weighted by atomic mass is 14.8. The first-order valence-corrected chi connectivity index (χ1v) is 6.49. The molecule has 0 spiro atoms. The van der Waals surface area contributed by atoms with Crippen LogP contribution in [0.3, 0.4) is 0 Å². The van der Waals surface area contributed by atoms with E-state index in [1.54, 1.807) is 0 Å². The first kappa shape index (κ1) is 11.9. The van der Waals surface area contributed by atoms with Crippen LogP contribution in [-0.2, 0) is 13.1 Å². The number of aromatic amines is 1. The minimum atomic E-state index is 0.872. The van der Waals surface area contributed by atoms with E-state index >= 15 is 0 Å². The maximum absolute atomic E-state index is 4.11. The van der Waals surface area contributed by atoms with E-state index in [4.69, 9.17) is 0 Å². The number of nitrogens with one attached hydrogen (secondary N) is 2. The van der Waals surface area contributed by atoms with Gasteiger partial charge in [-0.05, 0) is 47.2 Å². The van der Waals surface area contributed by atoms with Crippen molar-refractivity contribution in [2.24, 2.45) is 0 Å². The second kappa shape index (κ2) is 5.24. The topological polar surface area (TPSA) is 40.7 Å².